The number of esters is 1. The van der Waals surface area contributed by atoms with Gasteiger partial charge in [-0.1, -0.05) is 24.1 Å². The lowest BCUT2D eigenvalue weighted by Gasteiger charge is -2.44. The van der Waals surface area contributed by atoms with E-state index in [-0.39, 0.29) is 12.5 Å². The number of aryl methyl sites for hydroxylation is 2. The summed E-state index contributed by atoms with van der Waals surface area (Å²) in [6.45, 7) is 4.55. The number of carbonyl (C=O) groups excluding carboxylic acids is 2. The molecule has 31 heavy (non-hydrogen) atoms. The van der Waals surface area contributed by atoms with Crippen LogP contribution in [0, 0.1) is 19.8 Å². The van der Waals surface area contributed by atoms with E-state index in [1.165, 1.54) is 25.7 Å². The second-order valence-electron chi connectivity index (χ2n) is 8.54. The van der Waals surface area contributed by atoms with Gasteiger partial charge >= 0.3 is 5.97 Å². The fourth-order valence-corrected chi connectivity index (χ4v) is 4.80. The topological polar surface area (TPSA) is 81.9 Å². The standard InChI is InChI=1S/C24H30N2O5/c1-16-21(17(2)31-25-16)14-29-20-10-5-8-19(13-20)24(28)30-15-23(27)26-12-6-9-18-7-3-4-11-22(18)26/h5,8,10,13,18,22H,3-4,6-7,9,11-12,14-15H2,1-2H3/t18-,22+/m1/s1. The SMILES string of the molecule is Cc1noc(C)c1COc1cccc(C(=O)OCC(=O)N2CCC[C@H]3CCCC[C@@H]32)c1. The van der Waals surface area contributed by atoms with Crippen molar-refractivity contribution in [2.75, 3.05) is 13.2 Å². The minimum Gasteiger partial charge on any atom is -0.489 e. The molecule has 1 aromatic carbocycles. The molecule has 1 amide bonds. The number of nitrogens with zero attached hydrogens (tertiary/aromatic N) is 2. The predicted molar refractivity (Wildman–Crippen MR) is 114 cm³/mol. The Hall–Kier alpha value is -2.83. The highest BCUT2D eigenvalue weighted by molar-refractivity contribution is 5.91. The van der Waals surface area contributed by atoms with Gasteiger partial charge in [0.05, 0.1) is 16.8 Å². The molecule has 1 saturated carbocycles. The van der Waals surface area contributed by atoms with E-state index >= 15 is 0 Å². The van der Waals surface area contributed by atoms with Crippen molar-refractivity contribution in [3.63, 3.8) is 0 Å². The van der Waals surface area contributed by atoms with Gasteiger partial charge < -0.3 is 18.9 Å². The molecule has 7 nitrogen and oxygen atoms in total. The molecule has 0 spiro atoms. The molecule has 7 heteroatoms. The average Bonchev–Trinajstić information content (AvgIpc) is 3.12. The van der Waals surface area contributed by atoms with Gasteiger partial charge in [-0.25, -0.2) is 4.79 Å². The summed E-state index contributed by atoms with van der Waals surface area (Å²) in [5.41, 5.74) is 2.03. The van der Waals surface area contributed by atoms with Crippen LogP contribution in [-0.2, 0) is 16.1 Å². The molecule has 1 aromatic heterocycles. The third-order valence-corrected chi connectivity index (χ3v) is 6.52. The quantitative estimate of drug-likeness (QED) is 0.644. The van der Waals surface area contributed by atoms with Gasteiger partial charge in [-0.15, -0.1) is 0 Å². The van der Waals surface area contributed by atoms with Crippen LogP contribution in [-0.4, -0.2) is 41.1 Å². The largest absolute Gasteiger partial charge is 0.489 e. The van der Waals surface area contributed by atoms with Crippen LogP contribution in [0.25, 0.3) is 0 Å². The number of hydrogen-bond acceptors (Lipinski definition) is 6. The average molecular weight is 427 g/mol. The maximum atomic E-state index is 12.8. The summed E-state index contributed by atoms with van der Waals surface area (Å²) in [4.78, 5) is 27.2. The fraction of sp³-hybridized carbons (Fsp3) is 0.542. The van der Waals surface area contributed by atoms with E-state index in [0.29, 0.717) is 35.6 Å². The van der Waals surface area contributed by atoms with E-state index in [1.807, 2.05) is 18.7 Å². The van der Waals surface area contributed by atoms with E-state index < -0.39 is 5.97 Å². The molecule has 2 aromatic rings. The highest BCUT2D eigenvalue weighted by Gasteiger charge is 2.35. The number of piperidine rings is 1. The van der Waals surface area contributed by atoms with E-state index in [9.17, 15) is 9.59 Å². The summed E-state index contributed by atoms with van der Waals surface area (Å²) in [7, 11) is 0. The van der Waals surface area contributed by atoms with E-state index in [2.05, 4.69) is 5.16 Å². The minimum absolute atomic E-state index is 0.0873. The Morgan fingerprint density at radius 2 is 1.97 bits per heavy atom. The maximum Gasteiger partial charge on any atom is 0.338 e. The third-order valence-electron chi connectivity index (χ3n) is 6.52. The van der Waals surface area contributed by atoms with E-state index in [4.69, 9.17) is 14.0 Å². The van der Waals surface area contributed by atoms with Gasteiger partial charge in [0, 0.05) is 12.6 Å². The normalized spacial score (nSPS) is 20.8. The molecule has 0 N–H and O–H groups in total. The number of fused-ring (bicyclic) bond motifs is 1. The Kier molecular flexibility index (Phi) is 6.59. The zero-order valence-electron chi connectivity index (χ0n) is 18.3. The first-order valence-corrected chi connectivity index (χ1v) is 11.1. The first-order valence-electron chi connectivity index (χ1n) is 11.1. The first-order chi connectivity index (χ1) is 15.0. The van der Waals surface area contributed by atoms with Crippen molar-refractivity contribution in [3.05, 3.63) is 46.8 Å². The van der Waals surface area contributed by atoms with E-state index in [0.717, 1.165) is 30.6 Å². The lowest BCUT2D eigenvalue weighted by Crippen LogP contribution is -2.50. The highest BCUT2D eigenvalue weighted by atomic mass is 16.5. The molecular weight excluding hydrogens is 396 g/mol. The Balaban J connectivity index is 1.32. The van der Waals surface area contributed by atoms with Crippen LogP contribution >= 0.6 is 0 Å². The molecule has 2 heterocycles. The molecule has 1 saturated heterocycles. The summed E-state index contributed by atoms with van der Waals surface area (Å²) >= 11 is 0. The number of aromatic nitrogens is 1. The van der Waals surface area contributed by atoms with Crippen LogP contribution in [0.2, 0.25) is 0 Å². The van der Waals surface area contributed by atoms with Crippen molar-refractivity contribution >= 4 is 11.9 Å². The molecule has 0 bridgehead atoms. The Morgan fingerprint density at radius 3 is 2.77 bits per heavy atom. The first kappa shape index (κ1) is 21.4. The second kappa shape index (κ2) is 9.54. The minimum atomic E-state index is -0.520. The third kappa shape index (κ3) is 4.92. The van der Waals surface area contributed by atoms with Crippen molar-refractivity contribution in [2.24, 2.45) is 5.92 Å². The van der Waals surface area contributed by atoms with Crippen LogP contribution in [0.15, 0.2) is 28.8 Å². The Labute approximate surface area is 182 Å². The molecule has 1 aliphatic carbocycles. The Bertz CT molecular complexity index is 916. The van der Waals surface area contributed by atoms with Crippen LogP contribution in [0.1, 0.15) is 65.9 Å². The molecule has 0 radical (unpaired) electrons. The summed E-state index contributed by atoms with van der Waals surface area (Å²) in [5, 5.41) is 3.91. The van der Waals surface area contributed by atoms with Crippen LogP contribution < -0.4 is 4.74 Å². The molecule has 2 aliphatic rings. The number of amides is 1. The summed E-state index contributed by atoms with van der Waals surface area (Å²) in [5.74, 6) is 1.25. The molecular formula is C24H30N2O5. The predicted octanol–water partition coefficient (Wildman–Crippen LogP) is 4.21. The second-order valence-corrected chi connectivity index (χ2v) is 8.54. The molecule has 0 unspecified atom stereocenters. The summed E-state index contributed by atoms with van der Waals surface area (Å²) in [6, 6.07) is 7.11. The van der Waals surface area contributed by atoms with Crippen LogP contribution in [0.5, 0.6) is 5.75 Å². The van der Waals surface area contributed by atoms with Crippen LogP contribution in [0.3, 0.4) is 0 Å². The molecule has 2 atom stereocenters. The zero-order chi connectivity index (χ0) is 21.8. The van der Waals surface area contributed by atoms with Gasteiger partial charge in [0.1, 0.15) is 18.1 Å². The monoisotopic (exact) mass is 426 g/mol. The Morgan fingerprint density at radius 1 is 1.16 bits per heavy atom. The summed E-state index contributed by atoms with van der Waals surface area (Å²) in [6.07, 6.45) is 6.93. The van der Waals surface area contributed by atoms with Gasteiger partial charge in [-0.2, -0.15) is 0 Å². The number of rotatable bonds is 6. The lowest BCUT2D eigenvalue weighted by atomic mass is 9.78. The van der Waals surface area contributed by atoms with Crippen molar-refractivity contribution in [2.45, 2.75) is 65.0 Å². The maximum absolute atomic E-state index is 12.8. The molecule has 2 fully saturated rings. The fourth-order valence-electron chi connectivity index (χ4n) is 4.80. The highest BCUT2D eigenvalue weighted by Crippen LogP contribution is 2.35. The van der Waals surface area contributed by atoms with Gasteiger partial charge in [0.15, 0.2) is 6.61 Å². The number of hydrogen-bond donors (Lipinski definition) is 0. The van der Waals surface area contributed by atoms with E-state index in [1.54, 1.807) is 24.3 Å². The van der Waals surface area contributed by atoms with Gasteiger partial charge in [-0.05, 0) is 63.6 Å². The molecule has 166 valence electrons. The molecule has 1 aliphatic heterocycles. The van der Waals surface area contributed by atoms with Gasteiger partial charge in [0.2, 0.25) is 0 Å². The van der Waals surface area contributed by atoms with Crippen molar-refractivity contribution in [1.29, 1.82) is 0 Å². The lowest BCUT2D eigenvalue weighted by molar-refractivity contribution is -0.140. The van der Waals surface area contributed by atoms with Crippen LogP contribution in [0.4, 0.5) is 0 Å². The van der Waals surface area contributed by atoms with Crippen molar-refractivity contribution in [3.8, 4) is 5.75 Å². The zero-order valence-corrected chi connectivity index (χ0v) is 18.3. The van der Waals surface area contributed by atoms with Gasteiger partial charge in [0.25, 0.3) is 5.91 Å². The smallest absolute Gasteiger partial charge is 0.338 e. The number of benzene rings is 1. The van der Waals surface area contributed by atoms with Crippen molar-refractivity contribution in [1.82, 2.24) is 10.1 Å². The number of carbonyl (C=O) groups is 2. The summed E-state index contributed by atoms with van der Waals surface area (Å²) < 4.78 is 16.3. The molecule has 4 rings (SSSR count). The van der Waals surface area contributed by atoms with Crippen molar-refractivity contribution < 1.29 is 23.6 Å². The van der Waals surface area contributed by atoms with Gasteiger partial charge in [-0.3, -0.25) is 4.79 Å². The number of likely N-dealkylation sites (tertiary alicyclic amines) is 1. The number of ether oxygens (including phenoxy) is 2.